The Hall–Kier alpha value is -6.22. The molecule has 2 aromatic carbocycles. The normalized spacial score (nSPS) is 15.7. The fourth-order valence-electron chi connectivity index (χ4n) is 8.75. The molecule has 2 aliphatic rings. The Morgan fingerprint density at radius 3 is 2.44 bits per heavy atom. The molecule has 372 valence electrons. The van der Waals surface area contributed by atoms with Crippen LogP contribution in [-0.4, -0.2) is 173 Å². The van der Waals surface area contributed by atoms with Crippen LogP contribution in [0.3, 0.4) is 0 Å². The highest BCUT2D eigenvalue weighted by Gasteiger charge is 2.39. The summed E-state index contributed by atoms with van der Waals surface area (Å²) in [4.78, 5) is 69.5. The maximum Gasteiger partial charge on any atom is 0.270 e. The van der Waals surface area contributed by atoms with Gasteiger partial charge in [0.25, 0.3) is 5.91 Å². The highest BCUT2D eigenvalue weighted by atomic mass is 35.5. The van der Waals surface area contributed by atoms with E-state index in [0.717, 1.165) is 59.9 Å². The molecule has 19 nitrogen and oxygen atoms in total. The number of fused-ring (bicyclic) bond motifs is 2. The minimum atomic E-state index is -1.02. The number of aromatic nitrogens is 6. The second-order valence-corrected chi connectivity index (χ2v) is 18.5. The van der Waals surface area contributed by atoms with Gasteiger partial charge in [-0.15, -0.1) is 0 Å². The molecular formula is C50H64ClN13O6. The van der Waals surface area contributed by atoms with Crippen molar-refractivity contribution in [3.05, 3.63) is 107 Å². The smallest absolute Gasteiger partial charge is 0.270 e. The minimum Gasteiger partial charge on any atom is -0.492 e. The van der Waals surface area contributed by atoms with Crippen molar-refractivity contribution in [1.29, 1.82) is 0 Å². The summed E-state index contributed by atoms with van der Waals surface area (Å²) >= 11 is 6.24. The van der Waals surface area contributed by atoms with Crippen molar-refractivity contribution in [1.82, 2.24) is 54.8 Å². The summed E-state index contributed by atoms with van der Waals surface area (Å²) < 4.78 is 19.3. The number of carbonyl (C=O) groups is 3. The monoisotopic (exact) mass is 977 g/mol. The Morgan fingerprint density at radius 1 is 0.886 bits per heavy atom. The average Bonchev–Trinajstić information content (AvgIpc) is 4.03. The van der Waals surface area contributed by atoms with Crippen molar-refractivity contribution in [2.75, 3.05) is 111 Å². The number of ether oxygens (including phenoxy) is 3. The van der Waals surface area contributed by atoms with Crippen LogP contribution in [0.2, 0.25) is 5.02 Å². The van der Waals surface area contributed by atoms with Crippen LogP contribution >= 0.6 is 11.6 Å². The van der Waals surface area contributed by atoms with Gasteiger partial charge < -0.3 is 54.8 Å². The number of benzene rings is 2. The molecule has 0 unspecified atom stereocenters. The van der Waals surface area contributed by atoms with Gasteiger partial charge in [-0.2, -0.15) is 0 Å². The second-order valence-electron chi connectivity index (χ2n) is 18.1. The number of hydrogen-bond donors (Lipinski definition) is 4. The first-order valence-corrected chi connectivity index (χ1v) is 24.4. The number of halogens is 1. The molecule has 0 aliphatic carbocycles. The van der Waals surface area contributed by atoms with Crippen LogP contribution in [0.25, 0.3) is 22.2 Å². The third-order valence-corrected chi connectivity index (χ3v) is 13.2. The lowest BCUT2D eigenvalue weighted by molar-refractivity contribution is -0.134. The molecular weight excluding hydrogens is 914 g/mol. The van der Waals surface area contributed by atoms with Crippen molar-refractivity contribution in [3.63, 3.8) is 0 Å². The molecule has 0 saturated carbocycles. The van der Waals surface area contributed by atoms with Gasteiger partial charge in [-0.05, 0) is 75.3 Å². The lowest BCUT2D eigenvalue weighted by Crippen LogP contribution is -2.60. The lowest BCUT2D eigenvalue weighted by Gasteiger charge is -2.39. The summed E-state index contributed by atoms with van der Waals surface area (Å²) in [5, 5.41) is 7.73. The zero-order valence-electron chi connectivity index (χ0n) is 40.0. The number of piperazine rings is 1. The van der Waals surface area contributed by atoms with E-state index in [1.807, 2.05) is 84.4 Å². The van der Waals surface area contributed by atoms with Crippen LogP contribution in [0.4, 0.5) is 5.82 Å². The number of nitrogens with two attached hydrogens (primary N) is 1. The van der Waals surface area contributed by atoms with Crippen LogP contribution in [0.15, 0.2) is 85.6 Å². The van der Waals surface area contributed by atoms with Gasteiger partial charge in [0.05, 0.1) is 62.7 Å². The first-order chi connectivity index (χ1) is 34.0. The Kier molecular flexibility index (Phi) is 17.3. The molecule has 1 atom stereocenters. The fourth-order valence-corrected chi connectivity index (χ4v) is 8.88. The van der Waals surface area contributed by atoms with E-state index in [2.05, 4.69) is 50.3 Å². The molecule has 6 aromatic rings. The number of aromatic amines is 1. The number of para-hydroxylation sites is 1. The topological polar surface area (TPSA) is 214 Å². The number of anilines is 1. The quantitative estimate of drug-likeness (QED) is 0.0672. The molecule has 2 fully saturated rings. The van der Waals surface area contributed by atoms with Gasteiger partial charge in [-0.25, -0.2) is 19.9 Å². The molecule has 2 aliphatic heterocycles. The number of imidazole rings is 1. The fraction of sp³-hybridized carbons (Fsp3) is 0.460. The highest BCUT2D eigenvalue weighted by molar-refractivity contribution is 6.30. The van der Waals surface area contributed by atoms with Crippen LogP contribution in [0, 0.1) is 0 Å². The summed E-state index contributed by atoms with van der Waals surface area (Å²) in [5.74, 6) is 1.22. The number of H-pyrrole nitrogens is 1. The summed E-state index contributed by atoms with van der Waals surface area (Å²) in [6.45, 7) is 8.02. The first-order valence-electron chi connectivity index (χ1n) is 24.0. The molecule has 8 rings (SSSR count). The second kappa shape index (κ2) is 24.1. The Balaban J connectivity index is 0.701. The van der Waals surface area contributed by atoms with Gasteiger partial charge in [-0.3, -0.25) is 19.3 Å². The Bertz CT molecular complexity index is 2660. The first kappa shape index (κ1) is 50.2. The number of carbonyl (C=O) groups excluding carboxylic acids is 3. The highest BCUT2D eigenvalue weighted by Crippen LogP contribution is 2.30. The van der Waals surface area contributed by atoms with E-state index in [0.29, 0.717) is 108 Å². The largest absolute Gasteiger partial charge is 0.492 e. The molecule has 6 heterocycles. The molecule has 20 heteroatoms. The van der Waals surface area contributed by atoms with Crippen molar-refractivity contribution in [3.8, 4) is 5.75 Å². The summed E-state index contributed by atoms with van der Waals surface area (Å²) in [5.41, 5.74) is 10.1. The molecule has 5 N–H and O–H groups in total. The summed E-state index contributed by atoms with van der Waals surface area (Å²) in [6, 6.07) is 20.6. The Morgan fingerprint density at radius 2 is 1.66 bits per heavy atom. The van der Waals surface area contributed by atoms with Crippen LogP contribution in [0.5, 0.6) is 5.75 Å². The number of nitrogens with one attached hydrogen (secondary N) is 3. The van der Waals surface area contributed by atoms with Crippen LogP contribution in [0.1, 0.15) is 53.3 Å². The third-order valence-electron chi connectivity index (χ3n) is 12.9. The number of pyridine rings is 1. The number of hydrogen-bond acceptors (Lipinski definition) is 14. The van der Waals surface area contributed by atoms with Crippen molar-refractivity contribution < 1.29 is 28.6 Å². The molecule has 2 saturated heterocycles. The standard InChI is InChI=1S/C50H64ClN13O6/c1-60(2)27-30-70-43-6-4-3-5-37(43)33-64-35-57-41-11-12-42(58-47(41)64)48(66)54-19-29-69-32-31-68-28-15-44(65)62-25-23-61(24-26-62)20-14-40(36-7-9-38(51)10-8-36)59-49(67)50(52)16-21-63(22-17-50)46-39-13-18-53-45(39)55-34-56-46/h3-13,18,34-35,40H,14-17,19-33,52H2,1-2H3,(H,54,66)(H,59,67)(H,53,55,56)/t40-/m0/s1. The SMILES string of the molecule is CN(C)CCOc1ccccc1Cn1cnc2ccc(C(=O)NCCOCCOCCC(=O)N3CCN(CC[C@H](NC(=O)C4(N)CCN(c5ncnc6[nH]ccc56)CC4)c4ccc(Cl)cc4)CC3)nc21. The van der Waals surface area contributed by atoms with Crippen molar-refractivity contribution >= 4 is 57.3 Å². The van der Waals surface area contributed by atoms with Gasteiger partial charge in [0.2, 0.25) is 11.8 Å². The van der Waals surface area contributed by atoms with Crippen molar-refractivity contribution in [2.45, 2.75) is 43.8 Å². The van der Waals surface area contributed by atoms with E-state index in [1.165, 1.54) is 0 Å². The minimum absolute atomic E-state index is 0.0513. The van der Waals surface area contributed by atoms with E-state index in [4.69, 9.17) is 31.5 Å². The van der Waals surface area contributed by atoms with E-state index in [1.54, 1.807) is 24.8 Å². The third kappa shape index (κ3) is 13.1. The van der Waals surface area contributed by atoms with Gasteiger partial charge in [0, 0.05) is 75.7 Å². The van der Waals surface area contributed by atoms with E-state index in [9.17, 15) is 14.4 Å². The maximum absolute atomic E-state index is 13.9. The summed E-state index contributed by atoms with van der Waals surface area (Å²) in [6.07, 6.45) is 7.04. The predicted molar refractivity (Wildman–Crippen MR) is 268 cm³/mol. The Labute approximate surface area is 413 Å². The molecule has 0 spiro atoms. The zero-order chi connectivity index (χ0) is 48.9. The number of likely N-dealkylation sites (N-methyl/N-ethyl adjacent to an activating group) is 1. The molecule has 4 aromatic heterocycles. The average molecular weight is 979 g/mol. The molecule has 70 heavy (non-hydrogen) atoms. The van der Waals surface area contributed by atoms with Crippen LogP contribution in [-0.2, 0) is 25.6 Å². The van der Waals surface area contributed by atoms with E-state index >= 15 is 0 Å². The van der Waals surface area contributed by atoms with E-state index in [-0.39, 0.29) is 35.9 Å². The van der Waals surface area contributed by atoms with E-state index < -0.39 is 5.54 Å². The van der Waals surface area contributed by atoms with Gasteiger partial charge in [0.15, 0.2) is 5.65 Å². The van der Waals surface area contributed by atoms with Gasteiger partial charge in [-0.1, -0.05) is 41.9 Å². The van der Waals surface area contributed by atoms with Crippen LogP contribution < -0.4 is 26.0 Å². The zero-order valence-corrected chi connectivity index (χ0v) is 40.8. The predicted octanol–water partition coefficient (Wildman–Crippen LogP) is 3.89. The molecule has 0 bridgehead atoms. The number of rotatable bonds is 23. The van der Waals surface area contributed by atoms with Gasteiger partial charge in [0.1, 0.15) is 41.4 Å². The molecule has 0 radical (unpaired) electrons. The van der Waals surface area contributed by atoms with Gasteiger partial charge >= 0.3 is 0 Å². The number of amides is 3. The summed E-state index contributed by atoms with van der Waals surface area (Å²) in [7, 11) is 4.02. The van der Waals surface area contributed by atoms with Crippen molar-refractivity contribution in [2.24, 2.45) is 5.73 Å². The number of piperidine rings is 1. The maximum atomic E-state index is 13.9. The number of nitrogens with zero attached hydrogens (tertiary/aromatic N) is 9. The molecule has 3 amide bonds. The lowest BCUT2D eigenvalue weighted by atomic mass is 9.87.